The quantitative estimate of drug-likeness (QED) is 0.810. The molecule has 2 heterocycles. The number of fused-ring (bicyclic) bond motifs is 1. The van der Waals surface area contributed by atoms with Gasteiger partial charge in [0.05, 0.1) is 6.61 Å². The van der Waals surface area contributed by atoms with Crippen molar-refractivity contribution in [1.82, 2.24) is 9.80 Å². The first-order chi connectivity index (χ1) is 14.1. The van der Waals surface area contributed by atoms with E-state index in [9.17, 15) is 9.90 Å². The van der Waals surface area contributed by atoms with Gasteiger partial charge >= 0.3 is 0 Å². The summed E-state index contributed by atoms with van der Waals surface area (Å²) in [6.45, 7) is 6.00. The molecule has 2 fully saturated rings. The lowest BCUT2D eigenvalue weighted by atomic mass is 9.83. The predicted molar refractivity (Wildman–Crippen MR) is 113 cm³/mol. The van der Waals surface area contributed by atoms with Gasteiger partial charge < -0.3 is 14.7 Å². The molecular formula is C24H30N2O3. The summed E-state index contributed by atoms with van der Waals surface area (Å²) in [6.07, 6.45) is 2.64. The van der Waals surface area contributed by atoms with Crippen LogP contribution in [-0.4, -0.2) is 46.6 Å². The zero-order chi connectivity index (χ0) is 20.2. The monoisotopic (exact) mass is 394 g/mol. The molecule has 0 aromatic heterocycles. The molecule has 2 saturated heterocycles. The third kappa shape index (κ3) is 4.56. The second-order valence-corrected chi connectivity index (χ2v) is 8.13. The number of aromatic hydroxyl groups is 1. The Kier molecular flexibility index (Phi) is 6.05. The van der Waals surface area contributed by atoms with Gasteiger partial charge in [-0.05, 0) is 48.9 Å². The van der Waals surface area contributed by atoms with E-state index in [0.29, 0.717) is 36.6 Å². The standard InChI is InChI=1S/C24H30N2O3/c1-2-29-23-14-19(8-10-22(23)27)15-25-13-12-21-20(17-25)9-11-24(28)26(21)16-18-6-4-3-5-7-18/h3-8,10,14,20-21,27H,2,9,11-13,15-17H2,1H3/t20-,21+/m1/s1. The molecule has 1 N–H and O–H groups in total. The summed E-state index contributed by atoms with van der Waals surface area (Å²) in [5.74, 6) is 1.56. The zero-order valence-corrected chi connectivity index (χ0v) is 17.1. The van der Waals surface area contributed by atoms with Crippen LogP contribution in [0.2, 0.25) is 0 Å². The number of likely N-dealkylation sites (tertiary alicyclic amines) is 2. The summed E-state index contributed by atoms with van der Waals surface area (Å²) in [6, 6.07) is 16.3. The Balaban J connectivity index is 1.41. The van der Waals surface area contributed by atoms with Crippen molar-refractivity contribution in [2.45, 2.75) is 45.3 Å². The van der Waals surface area contributed by atoms with Gasteiger partial charge in [-0.25, -0.2) is 0 Å². The van der Waals surface area contributed by atoms with Gasteiger partial charge in [0.15, 0.2) is 11.5 Å². The SMILES string of the molecule is CCOc1cc(CN2CC[C@H]3[C@H](CCC(=O)N3Cc3ccccc3)C2)ccc1O. The van der Waals surface area contributed by atoms with Crippen molar-refractivity contribution in [3.63, 3.8) is 0 Å². The van der Waals surface area contributed by atoms with Crippen LogP contribution in [-0.2, 0) is 17.9 Å². The van der Waals surface area contributed by atoms with E-state index in [2.05, 4.69) is 21.9 Å². The molecule has 5 nitrogen and oxygen atoms in total. The zero-order valence-electron chi connectivity index (χ0n) is 17.1. The molecule has 0 unspecified atom stereocenters. The van der Waals surface area contributed by atoms with Crippen molar-refractivity contribution >= 4 is 5.91 Å². The molecule has 0 saturated carbocycles. The van der Waals surface area contributed by atoms with E-state index < -0.39 is 0 Å². The first kappa shape index (κ1) is 19.8. The number of phenolic OH excluding ortho intramolecular Hbond substituents is 1. The van der Waals surface area contributed by atoms with Crippen LogP contribution in [0.25, 0.3) is 0 Å². The highest BCUT2D eigenvalue weighted by Gasteiger charge is 2.39. The maximum atomic E-state index is 12.6. The molecule has 2 aromatic rings. The third-order valence-electron chi connectivity index (χ3n) is 6.15. The molecule has 0 spiro atoms. The topological polar surface area (TPSA) is 53.0 Å². The molecule has 0 aliphatic carbocycles. The normalized spacial score (nSPS) is 22.4. The van der Waals surface area contributed by atoms with Gasteiger partial charge in [0.2, 0.25) is 5.91 Å². The second-order valence-electron chi connectivity index (χ2n) is 8.13. The van der Waals surface area contributed by atoms with Crippen LogP contribution in [0.1, 0.15) is 37.3 Å². The molecule has 5 heteroatoms. The highest BCUT2D eigenvalue weighted by atomic mass is 16.5. The number of phenols is 1. The number of ether oxygens (including phenoxy) is 1. The largest absolute Gasteiger partial charge is 0.504 e. The molecular weight excluding hydrogens is 364 g/mol. The van der Waals surface area contributed by atoms with Crippen molar-refractivity contribution in [3.8, 4) is 11.5 Å². The Morgan fingerprint density at radius 3 is 2.69 bits per heavy atom. The second kappa shape index (κ2) is 8.87. The van der Waals surface area contributed by atoms with Gasteiger partial charge in [0.1, 0.15) is 0 Å². The van der Waals surface area contributed by atoms with Gasteiger partial charge in [0, 0.05) is 38.6 Å². The number of carbonyl (C=O) groups is 1. The van der Waals surface area contributed by atoms with Crippen LogP contribution in [0.5, 0.6) is 11.5 Å². The van der Waals surface area contributed by atoms with Crippen LogP contribution in [0.3, 0.4) is 0 Å². The number of hydrogen-bond acceptors (Lipinski definition) is 4. The third-order valence-corrected chi connectivity index (χ3v) is 6.15. The predicted octanol–water partition coefficient (Wildman–Crippen LogP) is 3.80. The van der Waals surface area contributed by atoms with E-state index in [0.717, 1.165) is 44.6 Å². The number of carbonyl (C=O) groups excluding carboxylic acids is 1. The Bertz CT molecular complexity index is 839. The molecule has 0 radical (unpaired) electrons. The van der Waals surface area contributed by atoms with Gasteiger partial charge in [-0.3, -0.25) is 9.69 Å². The lowest BCUT2D eigenvalue weighted by Crippen LogP contribution is -2.55. The van der Waals surface area contributed by atoms with Gasteiger partial charge in [-0.2, -0.15) is 0 Å². The smallest absolute Gasteiger partial charge is 0.223 e. The Hall–Kier alpha value is -2.53. The maximum absolute atomic E-state index is 12.6. The molecule has 29 heavy (non-hydrogen) atoms. The van der Waals surface area contributed by atoms with Crippen molar-refractivity contribution in [2.75, 3.05) is 19.7 Å². The van der Waals surface area contributed by atoms with Crippen molar-refractivity contribution in [3.05, 3.63) is 59.7 Å². The van der Waals surface area contributed by atoms with Crippen LogP contribution in [0.4, 0.5) is 0 Å². The number of benzene rings is 2. The molecule has 0 bridgehead atoms. The molecule has 154 valence electrons. The van der Waals surface area contributed by atoms with E-state index in [-0.39, 0.29) is 5.75 Å². The van der Waals surface area contributed by atoms with Crippen LogP contribution >= 0.6 is 0 Å². The summed E-state index contributed by atoms with van der Waals surface area (Å²) >= 11 is 0. The molecule has 2 aliphatic heterocycles. The van der Waals surface area contributed by atoms with Crippen molar-refractivity contribution < 1.29 is 14.6 Å². The van der Waals surface area contributed by atoms with Crippen LogP contribution in [0, 0.1) is 5.92 Å². The first-order valence-electron chi connectivity index (χ1n) is 10.6. The Morgan fingerprint density at radius 2 is 1.90 bits per heavy atom. The van der Waals surface area contributed by atoms with E-state index in [1.54, 1.807) is 6.07 Å². The van der Waals surface area contributed by atoms with Gasteiger partial charge in [-0.15, -0.1) is 0 Å². The van der Waals surface area contributed by atoms with Crippen LogP contribution in [0.15, 0.2) is 48.5 Å². The number of amides is 1. The molecule has 2 atom stereocenters. The fraction of sp³-hybridized carbons (Fsp3) is 0.458. The Morgan fingerprint density at radius 1 is 1.07 bits per heavy atom. The minimum absolute atomic E-state index is 0.191. The van der Waals surface area contributed by atoms with Crippen molar-refractivity contribution in [2.24, 2.45) is 5.92 Å². The minimum atomic E-state index is 0.191. The van der Waals surface area contributed by atoms with Crippen molar-refractivity contribution in [1.29, 1.82) is 0 Å². The molecule has 1 amide bonds. The molecule has 2 aliphatic rings. The first-order valence-corrected chi connectivity index (χ1v) is 10.6. The summed E-state index contributed by atoms with van der Waals surface area (Å²) in [5, 5.41) is 9.93. The number of rotatable bonds is 6. The molecule has 2 aromatic carbocycles. The van der Waals surface area contributed by atoms with E-state index in [1.807, 2.05) is 37.3 Å². The lowest BCUT2D eigenvalue weighted by molar-refractivity contribution is -0.142. The highest BCUT2D eigenvalue weighted by molar-refractivity contribution is 5.77. The summed E-state index contributed by atoms with van der Waals surface area (Å²) < 4.78 is 5.52. The fourth-order valence-corrected chi connectivity index (χ4v) is 4.74. The highest BCUT2D eigenvalue weighted by Crippen LogP contribution is 2.34. The van der Waals surface area contributed by atoms with E-state index in [1.165, 1.54) is 5.56 Å². The maximum Gasteiger partial charge on any atom is 0.223 e. The van der Waals surface area contributed by atoms with Gasteiger partial charge in [0.25, 0.3) is 0 Å². The van der Waals surface area contributed by atoms with Gasteiger partial charge in [-0.1, -0.05) is 36.4 Å². The Labute approximate surface area is 172 Å². The molecule has 4 rings (SSSR count). The van der Waals surface area contributed by atoms with E-state index in [4.69, 9.17) is 4.74 Å². The minimum Gasteiger partial charge on any atom is -0.504 e. The fourth-order valence-electron chi connectivity index (χ4n) is 4.74. The number of piperidine rings is 2. The summed E-state index contributed by atoms with van der Waals surface area (Å²) in [5.41, 5.74) is 2.36. The van der Waals surface area contributed by atoms with E-state index >= 15 is 0 Å². The average Bonchev–Trinajstić information content (AvgIpc) is 2.73. The lowest BCUT2D eigenvalue weighted by Gasteiger charge is -2.47. The van der Waals surface area contributed by atoms with Crippen LogP contribution < -0.4 is 4.74 Å². The average molecular weight is 395 g/mol. The number of nitrogens with zero attached hydrogens (tertiary/aromatic N) is 2. The summed E-state index contributed by atoms with van der Waals surface area (Å²) in [7, 11) is 0. The summed E-state index contributed by atoms with van der Waals surface area (Å²) in [4.78, 5) is 17.2. The number of hydrogen-bond donors (Lipinski definition) is 1.